The fourth-order valence-electron chi connectivity index (χ4n) is 1.72. The second-order valence-corrected chi connectivity index (χ2v) is 5.59. The molecule has 100 valence electrons. The van der Waals surface area contributed by atoms with Crippen LogP contribution in [0.1, 0.15) is 33.3 Å². The molecule has 4 heteroatoms. The Labute approximate surface area is 115 Å². The second kappa shape index (κ2) is 4.92. The molecule has 1 aromatic rings. The summed E-state index contributed by atoms with van der Waals surface area (Å²) in [6.45, 7) is 8.06. The van der Waals surface area contributed by atoms with E-state index in [-0.39, 0.29) is 11.2 Å². The highest BCUT2D eigenvalue weighted by Crippen LogP contribution is 2.36. The van der Waals surface area contributed by atoms with Crippen molar-refractivity contribution in [2.45, 2.75) is 38.9 Å². The molecule has 0 saturated carbocycles. The molecule has 0 spiro atoms. The highest BCUT2D eigenvalue weighted by atomic mass is 16.7. The molecule has 0 radical (unpaired) electrons. The second-order valence-electron chi connectivity index (χ2n) is 5.59. The lowest BCUT2D eigenvalue weighted by molar-refractivity contribution is 0.00578. The third-order valence-corrected chi connectivity index (χ3v) is 3.68. The first-order valence-electron chi connectivity index (χ1n) is 6.35. The molecule has 0 atom stereocenters. The van der Waals surface area contributed by atoms with Crippen molar-refractivity contribution in [3.8, 4) is 17.5 Å². The molecule has 2 rings (SSSR count). The summed E-state index contributed by atoms with van der Waals surface area (Å²) in [6, 6.07) is 7.59. The van der Waals surface area contributed by atoms with Gasteiger partial charge in [0, 0.05) is 5.56 Å². The van der Waals surface area contributed by atoms with E-state index in [4.69, 9.17) is 14.0 Å². The first-order chi connectivity index (χ1) is 8.84. The third-order valence-electron chi connectivity index (χ3n) is 3.68. The normalized spacial score (nSPS) is 19.7. The van der Waals surface area contributed by atoms with E-state index in [1.165, 1.54) is 0 Å². The Morgan fingerprint density at radius 3 is 2.00 bits per heavy atom. The van der Waals surface area contributed by atoms with Gasteiger partial charge in [-0.25, -0.2) is 0 Å². The standard InChI is InChI=1S/C15H19BO3/c1-14(2)15(3,4)19-16(18-14)11-10-12-6-8-13(17-5)9-7-12/h6-9H,1-5H3. The van der Waals surface area contributed by atoms with E-state index in [2.05, 4.69) is 11.7 Å². The summed E-state index contributed by atoms with van der Waals surface area (Å²) in [5, 5.41) is 0. The van der Waals surface area contributed by atoms with E-state index in [1.54, 1.807) is 7.11 Å². The molecule has 0 aliphatic carbocycles. The Kier molecular flexibility index (Phi) is 3.62. The molecule has 1 aromatic carbocycles. The van der Waals surface area contributed by atoms with Crippen molar-refractivity contribution in [1.82, 2.24) is 0 Å². The lowest BCUT2D eigenvalue weighted by atomic mass is 9.90. The Bertz CT molecular complexity index is 492. The summed E-state index contributed by atoms with van der Waals surface area (Å²) in [5.74, 6) is 6.89. The van der Waals surface area contributed by atoms with Crippen molar-refractivity contribution in [2.24, 2.45) is 0 Å². The van der Waals surface area contributed by atoms with E-state index in [0.717, 1.165) is 11.3 Å². The number of hydrogen-bond donors (Lipinski definition) is 0. The van der Waals surface area contributed by atoms with Gasteiger partial charge in [0.2, 0.25) is 0 Å². The zero-order valence-corrected chi connectivity index (χ0v) is 12.1. The van der Waals surface area contributed by atoms with E-state index in [1.807, 2.05) is 52.0 Å². The van der Waals surface area contributed by atoms with E-state index in [0.29, 0.717) is 0 Å². The maximum absolute atomic E-state index is 5.81. The molecule has 0 amide bonds. The Hall–Kier alpha value is -1.44. The minimum absolute atomic E-state index is 0.341. The predicted molar refractivity (Wildman–Crippen MR) is 76.0 cm³/mol. The molecule has 0 bridgehead atoms. The molecule has 1 fully saturated rings. The minimum atomic E-state index is -0.480. The average molecular weight is 258 g/mol. The number of rotatable bonds is 1. The highest BCUT2D eigenvalue weighted by molar-refractivity contribution is 6.55. The molecule has 1 aliphatic rings. The number of ether oxygens (including phenoxy) is 1. The summed E-state index contributed by atoms with van der Waals surface area (Å²) in [4.78, 5) is 0. The van der Waals surface area contributed by atoms with Gasteiger partial charge >= 0.3 is 7.12 Å². The van der Waals surface area contributed by atoms with Crippen LogP contribution in [-0.4, -0.2) is 25.4 Å². The molecule has 1 heterocycles. The van der Waals surface area contributed by atoms with Crippen LogP contribution in [0.4, 0.5) is 0 Å². The lowest BCUT2D eigenvalue weighted by Gasteiger charge is -2.32. The Morgan fingerprint density at radius 2 is 1.53 bits per heavy atom. The maximum Gasteiger partial charge on any atom is 0.551 e. The fourth-order valence-corrected chi connectivity index (χ4v) is 1.72. The molecular formula is C15H19BO3. The first kappa shape index (κ1) is 14.0. The molecule has 19 heavy (non-hydrogen) atoms. The van der Waals surface area contributed by atoms with Gasteiger partial charge in [-0.3, -0.25) is 0 Å². The molecular weight excluding hydrogens is 239 g/mol. The smallest absolute Gasteiger partial charge is 0.497 e. The summed E-state index contributed by atoms with van der Waals surface area (Å²) in [6.07, 6.45) is 0. The van der Waals surface area contributed by atoms with Gasteiger partial charge < -0.3 is 14.0 Å². The average Bonchev–Trinajstić information content (AvgIpc) is 2.56. The quantitative estimate of drug-likeness (QED) is 0.572. The fraction of sp³-hybridized carbons (Fsp3) is 0.467. The molecule has 0 N–H and O–H groups in total. The van der Waals surface area contributed by atoms with Crippen molar-refractivity contribution in [3.05, 3.63) is 29.8 Å². The van der Waals surface area contributed by atoms with Crippen molar-refractivity contribution in [3.63, 3.8) is 0 Å². The van der Waals surface area contributed by atoms with E-state index >= 15 is 0 Å². The van der Waals surface area contributed by atoms with Crippen LogP contribution in [0.15, 0.2) is 24.3 Å². The summed E-state index contributed by atoms with van der Waals surface area (Å²) >= 11 is 0. The summed E-state index contributed by atoms with van der Waals surface area (Å²) in [5.41, 5.74) is 0.230. The van der Waals surface area contributed by atoms with Gasteiger partial charge in [0.05, 0.1) is 18.3 Å². The van der Waals surface area contributed by atoms with Crippen molar-refractivity contribution >= 4 is 7.12 Å². The topological polar surface area (TPSA) is 27.7 Å². The van der Waals surface area contributed by atoms with Crippen LogP contribution >= 0.6 is 0 Å². The van der Waals surface area contributed by atoms with Crippen molar-refractivity contribution in [1.29, 1.82) is 0 Å². The van der Waals surface area contributed by atoms with Crippen LogP contribution in [0.2, 0.25) is 0 Å². The van der Waals surface area contributed by atoms with E-state index in [9.17, 15) is 0 Å². The van der Waals surface area contributed by atoms with Gasteiger partial charge in [-0.2, -0.15) is 0 Å². The minimum Gasteiger partial charge on any atom is -0.497 e. The van der Waals surface area contributed by atoms with Gasteiger partial charge in [0.15, 0.2) is 0 Å². The van der Waals surface area contributed by atoms with Gasteiger partial charge in [0.1, 0.15) is 5.75 Å². The molecule has 0 unspecified atom stereocenters. The highest BCUT2D eigenvalue weighted by Gasteiger charge is 2.50. The first-order valence-corrected chi connectivity index (χ1v) is 6.35. The van der Waals surface area contributed by atoms with Gasteiger partial charge in [0.25, 0.3) is 0 Å². The Balaban J connectivity index is 2.09. The number of hydrogen-bond acceptors (Lipinski definition) is 3. The van der Waals surface area contributed by atoms with Gasteiger partial charge in [-0.15, -0.1) is 0 Å². The number of benzene rings is 1. The van der Waals surface area contributed by atoms with Crippen LogP contribution in [0.5, 0.6) is 5.75 Å². The monoisotopic (exact) mass is 258 g/mol. The largest absolute Gasteiger partial charge is 0.551 e. The lowest BCUT2D eigenvalue weighted by Crippen LogP contribution is -2.41. The van der Waals surface area contributed by atoms with Crippen LogP contribution in [0.25, 0.3) is 0 Å². The predicted octanol–water partition coefficient (Wildman–Crippen LogP) is 2.68. The molecule has 0 aromatic heterocycles. The number of methoxy groups -OCH3 is 1. The zero-order valence-electron chi connectivity index (χ0n) is 12.1. The Morgan fingerprint density at radius 1 is 1.00 bits per heavy atom. The third kappa shape index (κ3) is 2.94. The molecule has 1 aliphatic heterocycles. The van der Waals surface area contributed by atoms with Gasteiger partial charge in [-0.05, 0) is 52.0 Å². The SMILES string of the molecule is COc1ccc(C#CB2OC(C)(C)C(C)(C)O2)cc1. The van der Waals surface area contributed by atoms with Crippen LogP contribution in [-0.2, 0) is 9.31 Å². The van der Waals surface area contributed by atoms with Crippen molar-refractivity contribution in [2.75, 3.05) is 7.11 Å². The van der Waals surface area contributed by atoms with Crippen molar-refractivity contribution < 1.29 is 14.0 Å². The maximum atomic E-state index is 5.81. The summed E-state index contributed by atoms with van der Waals surface area (Å²) < 4.78 is 16.7. The van der Waals surface area contributed by atoms with Crippen LogP contribution in [0.3, 0.4) is 0 Å². The zero-order chi connectivity index (χ0) is 14.1. The molecule has 1 saturated heterocycles. The van der Waals surface area contributed by atoms with Crippen LogP contribution < -0.4 is 4.74 Å². The van der Waals surface area contributed by atoms with Crippen LogP contribution in [0, 0.1) is 11.7 Å². The molecule has 3 nitrogen and oxygen atoms in total. The van der Waals surface area contributed by atoms with Gasteiger partial charge in [-0.1, -0.05) is 11.7 Å². The summed E-state index contributed by atoms with van der Waals surface area (Å²) in [7, 11) is 1.16. The van der Waals surface area contributed by atoms with E-state index < -0.39 is 7.12 Å².